The fraction of sp³-hybridized carbons (Fsp3) is 0.0196. The third-order valence-corrected chi connectivity index (χ3v) is 26.9. The van der Waals surface area contributed by atoms with E-state index in [2.05, 4.69) is 426 Å². The fourth-order valence-corrected chi connectivity index (χ4v) is 21.3. The number of hydrogen-bond donors (Lipinski definition) is 0. The SMILES string of the molecule is Brc1ccc2c(c1)C1(c3cc(N(c4ccccc4)c4ccccc4)ccc3C=C2)c2ccccc2-c2ccccc21.C1=Cc2ccc(P(c3ccccc3)c3ccccc3)cc2C2(c3cc(N(c4ccccc4)c4ccccc4)ccc31)c1ccccc1-c1ccccc12.ClP(c1ccccc1)c1ccccc1. The van der Waals surface area contributed by atoms with Crippen LogP contribution in [0.1, 0.15) is 66.8 Å². The summed E-state index contributed by atoms with van der Waals surface area (Å²) in [6, 6.07) is 150. The minimum absolute atomic E-state index is 0.472. The van der Waals surface area contributed by atoms with Gasteiger partial charge in [0.15, 0.2) is 0 Å². The highest BCUT2D eigenvalue weighted by Gasteiger charge is 2.51. The van der Waals surface area contributed by atoms with Crippen molar-refractivity contribution >= 4 is 127 Å². The first kappa shape index (κ1) is 68.1. The second-order valence-electron chi connectivity index (χ2n) is 27.4. The van der Waals surface area contributed by atoms with Gasteiger partial charge < -0.3 is 9.80 Å². The van der Waals surface area contributed by atoms with Crippen LogP contribution in [0.5, 0.6) is 0 Å². The van der Waals surface area contributed by atoms with Gasteiger partial charge in [-0.2, -0.15) is 0 Å². The van der Waals surface area contributed by atoms with Gasteiger partial charge in [0.1, 0.15) is 0 Å². The smallest absolute Gasteiger partial charge is 0.0726 e. The van der Waals surface area contributed by atoms with Crippen LogP contribution in [0.4, 0.5) is 34.1 Å². The highest BCUT2D eigenvalue weighted by atomic mass is 79.9. The number of fused-ring (bicyclic) bond motifs is 18. The van der Waals surface area contributed by atoms with E-state index < -0.39 is 26.0 Å². The average molecular weight is 1500 g/mol. The Morgan fingerprint density at radius 3 is 0.806 bits per heavy atom. The number of halogens is 2. The van der Waals surface area contributed by atoms with E-state index in [-0.39, 0.29) is 0 Å². The lowest BCUT2D eigenvalue weighted by Gasteiger charge is -2.37. The van der Waals surface area contributed by atoms with Gasteiger partial charge in [0.05, 0.1) is 18.1 Å². The second-order valence-corrected chi connectivity index (χ2v) is 33.1. The van der Waals surface area contributed by atoms with E-state index in [4.69, 9.17) is 11.2 Å². The van der Waals surface area contributed by atoms with Gasteiger partial charge in [0.2, 0.25) is 0 Å². The lowest BCUT2D eigenvalue weighted by molar-refractivity contribution is 0.765. The van der Waals surface area contributed by atoms with Crippen LogP contribution in [0.25, 0.3) is 46.6 Å². The summed E-state index contributed by atoms with van der Waals surface area (Å²) < 4.78 is 1.08. The highest BCUT2D eigenvalue weighted by molar-refractivity contribution is 9.10. The molecule has 108 heavy (non-hydrogen) atoms. The standard InChI is InChI=1S/C51H36NP.C39H26BrN.C12H10ClP/c1-5-17-39(18-6-1)52(40-19-7-2-8-20-40)41-33-31-37-29-30-38-32-34-44(53(42-21-9-3-10-22-42)43-23-11-4-12-24-43)36-50(38)51(49(37)35-41)47-27-15-13-25-45(47)46-26-14-16-28-48(46)51;40-29-23-21-27-19-20-28-22-24-32(41(30-11-3-1-4-12-30)31-13-5-2-6-14-31)26-38(28)39(37(27)25-29)35-17-9-7-15-33(35)34-16-8-10-18-36(34)39;13-14(11-7-3-1-4-8-11)12-9-5-2-6-10-12/h1-36H;1-26H;1-10H. The molecule has 0 atom stereocenters. The van der Waals surface area contributed by atoms with Gasteiger partial charge in [0.25, 0.3) is 0 Å². The normalized spacial score (nSPS) is 13.0. The maximum Gasteiger partial charge on any atom is 0.0726 e. The van der Waals surface area contributed by atoms with Crippen LogP contribution in [-0.2, 0) is 10.8 Å². The molecule has 0 saturated heterocycles. The third-order valence-electron chi connectivity index (χ3n) is 21.4. The Hall–Kier alpha value is -11.8. The maximum atomic E-state index is 6.40. The first-order chi connectivity index (χ1) is 53.4. The number of rotatable bonds is 11. The van der Waals surface area contributed by atoms with E-state index in [0.29, 0.717) is 0 Å². The van der Waals surface area contributed by atoms with E-state index in [1.54, 1.807) is 0 Å². The number of para-hydroxylation sites is 4. The van der Waals surface area contributed by atoms with Crippen LogP contribution in [0.2, 0.25) is 0 Å². The van der Waals surface area contributed by atoms with Gasteiger partial charge in [-0.05, 0) is 214 Å². The predicted octanol–water partition coefficient (Wildman–Crippen LogP) is 25.8. The molecule has 0 fully saturated rings. The Kier molecular flexibility index (Phi) is 18.8. The molecule has 514 valence electrons. The van der Waals surface area contributed by atoms with Gasteiger partial charge in [-0.25, -0.2) is 0 Å². The summed E-state index contributed by atoms with van der Waals surface area (Å²) in [5.74, 6) is 0. The van der Waals surface area contributed by atoms with Gasteiger partial charge in [-0.3, -0.25) is 0 Å². The first-order valence-corrected chi connectivity index (χ1v) is 41.1. The van der Waals surface area contributed by atoms with E-state index >= 15 is 0 Å². The van der Waals surface area contributed by atoms with Gasteiger partial charge >= 0.3 is 0 Å². The molecule has 0 amide bonds. The lowest BCUT2D eigenvalue weighted by Crippen LogP contribution is -2.32. The Morgan fingerprint density at radius 2 is 0.472 bits per heavy atom. The molecule has 4 aliphatic carbocycles. The zero-order valence-electron chi connectivity index (χ0n) is 59.1. The summed E-state index contributed by atoms with van der Waals surface area (Å²) in [7, 11) is -1.51. The van der Waals surface area contributed by atoms with Crippen LogP contribution in [0, 0.1) is 0 Å². The van der Waals surface area contributed by atoms with Crippen molar-refractivity contribution in [2.24, 2.45) is 0 Å². The van der Waals surface area contributed by atoms with Crippen LogP contribution in [0.15, 0.2) is 417 Å². The van der Waals surface area contributed by atoms with E-state index in [9.17, 15) is 0 Å². The summed E-state index contributed by atoms with van der Waals surface area (Å²) in [6.45, 7) is 0. The Balaban J connectivity index is 0.000000132. The van der Waals surface area contributed by atoms with E-state index in [1.165, 1.54) is 116 Å². The molecule has 20 rings (SSSR count). The molecule has 0 aliphatic heterocycles. The summed E-state index contributed by atoms with van der Waals surface area (Å²) in [6.07, 6.45) is 9.25. The van der Waals surface area contributed by atoms with Crippen LogP contribution >= 0.6 is 42.4 Å². The average Bonchev–Trinajstić information content (AvgIpc) is 1.53. The number of hydrogen-bond acceptors (Lipinski definition) is 2. The molecule has 0 radical (unpaired) electrons. The van der Waals surface area contributed by atoms with Crippen molar-refractivity contribution in [3.8, 4) is 22.3 Å². The van der Waals surface area contributed by atoms with Gasteiger partial charge in [-0.15, -0.1) is 0 Å². The molecule has 4 aliphatic rings. The first-order valence-electron chi connectivity index (χ1n) is 36.7. The lowest BCUT2D eigenvalue weighted by atomic mass is 9.66. The van der Waals surface area contributed by atoms with Crippen LogP contribution in [0.3, 0.4) is 0 Å². The topological polar surface area (TPSA) is 6.48 Å². The molecule has 2 spiro atoms. The Morgan fingerprint density at radius 1 is 0.213 bits per heavy atom. The molecular formula is C102H72BrClN2P2. The van der Waals surface area contributed by atoms with Crippen molar-refractivity contribution in [2.45, 2.75) is 10.8 Å². The molecule has 0 bridgehead atoms. The van der Waals surface area contributed by atoms with Crippen molar-refractivity contribution in [3.05, 3.63) is 484 Å². The monoisotopic (exact) mass is 1500 g/mol. The fourth-order valence-electron chi connectivity index (χ4n) is 16.8. The Bertz CT molecular complexity index is 5590. The van der Waals surface area contributed by atoms with Crippen molar-refractivity contribution in [2.75, 3.05) is 9.80 Å². The van der Waals surface area contributed by atoms with Crippen molar-refractivity contribution in [1.29, 1.82) is 0 Å². The summed E-state index contributed by atoms with van der Waals surface area (Å²) in [5.41, 5.74) is 26.4. The molecule has 2 nitrogen and oxygen atoms in total. The minimum Gasteiger partial charge on any atom is -0.310 e. The van der Waals surface area contributed by atoms with Crippen LogP contribution < -0.4 is 36.3 Å². The van der Waals surface area contributed by atoms with Crippen molar-refractivity contribution in [1.82, 2.24) is 0 Å². The van der Waals surface area contributed by atoms with Crippen LogP contribution in [-0.4, -0.2) is 0 Å². The molecule has 0 N–H and O–H groups in total. The molecule has 16 aromatic carbocycles. The number of benzene rings is 16. The summed E-state index contributed by atoms with van der Waals surface area (Å²) in [4.78, 5) is 4.74. The molecule has 0 aromatic heterocycles. The van der Waals surface area contributed by atoms with E-state index in [1.807, 2.05) is 36.4 Å². The molecule has 0 saturated carbocycles. The number of nitrogens with zero attached hydrogens (tertiary/aromatic N) is 2. The van der Waals surface area contributed by atoms with Crippen molar-refractivity contribution in [3.63, 3.8) is 0 Å². The second kappa shape index (κ2) is 29.9. The molecule has 6 heteroatoms. The van der Waals surface area contributed by atoms with Gasteiger partial charge in [-0.1, -0.05) is 373 Å². The molecule has 16 aromatic rings. The quantitative estimate of drug-likeness (QED) is 0.119. The van der Waals surface area contributed by atoms with Crippen molar-refractivity contribution < 1.29 is 0 Å². The zero-order valence-corrected chi connectivity index (χ0v) is 63.2. The van der Waals surface area contributed by atoms with E-state index in [0.717, 1.165) is 38.6 Å². The molecule has 0 unspecified atom stereocenters. The number of anilines is 6. The van der Waals surface area contributed by atoms with Gasteiger partial charge in [0, 0.05) is 38.6 Å². The summed E-state index contributed by atoms with van der Waals surface area (Å²) in [5, 5.41) is 6.46. The maximum absolute atomic E-state index is 6.40. The minimum atomic E-state index is -0.812. The summed E-state index contributed by atoms with van der Waals surface area (Å²) >= 11 is 10.2. The predicted molar refractivity (Wildman–Crippen MR) is 466 cm³/mol. The Labute approximate surface area is 649 Å². The largest absolute Gasteiger partial charge is 0.310 e. The zero-order chi connectivity index (χ0) is 72.4. The molecule has 0 heterocycles. The highest BCUT2D eigenvalue weighted by Crippen LogP contribution is 2.62. The third kappa shape index (κ3) is 12.3. The molecular weight excluding hydrogens is 1430 g/mol.